The van der Waals surface area contributed by atoms with Gasteiger partial charge < -0.3 is 19.9 Å². The second kappa shape index (κ2) is 12.1. The highest BCUT2D eigenvalue weighted by Crippen LogP contribution is 2.43. The molecule has 3 heterocycles. The minimum Gasteiger partial charge on any atom is -0.469 e. The number of alkyl halides is 1. The molecule has 8 nitrogen and oxygen atoms in total. The van der Waals surface area contributed by atoms with Gasteiger partial charge in [0.25, 0.3) is 0 Å². The van der Waals surface area contributed by atoms with Gasteiger partial charge >= 0.3 is 0 Å². The van der Waals surface area contributed by atoms with E-state index in [4.69, 9.17) is 32.2 Å². The zero-order chi connectivity index (χ0) is 29.1. The third-order valence-corrected chi connectivity index (χ3v) is 8.36. The Hall–Kier alpha value is -3.90. The summed E-state index contributed by atoms with van der Waals surface area (Å²) in [5.41, 5.74) is 8.42. The predicted octanol–water partition coefficient (Wildman–Crippen LogP) is 5.69. The first-order chi connectivity index (χ1) is 20.5. The summed E-state index contributed by atoms with van der Waals surface area (Å²) in [6.45, 7) is -0.0129. The smallest absolute Gasteiger partial charge is 0.220 e. The van der Waals surface area contributed by atoms with Gasteiger partial charge in [-0.25, -0.2) is 19.3 Å². The van der Waals surface area contributed by atoms with Crippen LogP contribution in [0.5, 0.6) is 0 Å². The molecule has 11 heteroatoms. The van der Waals surface area contributed by atoms with Gasteiger partial charge in [0, 0.05) is 0 Å². The zero-order valence-corrected chi connectivity index (χ0v) is 24.2. The lowest BCUT2D eigenvalue weighted by atomic mass is 9.80. The minimum atomic E-state index is -1.61. The van der Waals surface area contributed by atoms with Crippen molar-refractivity contribution in [1.29, 1.82) is 0 Å². The topological polar surface area (TPSA) is 97.3 Å². The van der Waals surface area contributed by atoms with E-state index >= 15 is 4.39 Å². The van der Waals surface area contributed by atoms with E-state index in [0.29, 0.717) is 11.2 Å². The summed E-state index contributed by atoms with van der Waals surface area (Å²) in [4.78, 5) is 12.5. The van der Waals surface area contributed by atoms with Crippen LogP contribution < -0.4 is 5.73 Å². The predicted molar refractivity (Wildman–Crippen MR) is 165 cm³/mol. The molecule has 42 heavy (non-hydrogen) atoms. The van der Waals surface area contributed by atoms with Crippen molar-refractivity contribution in [3.05, 3.63) is 120 Å². The van der Waals surface area contributed by atoms with E-state index in [1.165, 1.54) is 29.0 Å². The summed E-state index contributed by atoms with van der Waals surface area (Å²) in [5, 5.41) is 0. The number of ether oxygens (including phenoxy) is 3. The summed E-state index contributed by atoms with van der Waals surface area (Å²) in [5.74, 6) is 0.196. The highest BCUT2D eigenvalue weighted by Gasteiger charge is 2.50. The fourth-order valence-corrected chi connectivity index (χ4v) is 5.70. The van der Waals surface area contributed by atoms with Gasteiger partial charge in [0.2, 0.25) is 4.38 Å². The SMILES string of the molecule is CSC(=S)O[C@H]1[C@H](F)[C@H](n2cnc3c(N)ncnc32)O[C@@H]1COC(c1ccccc1)(c1ccccc1)c1ccccc1. The third-order valence-electron chi connectivity index (χ3n) is 7.33. The molecule has 6 rings (SSSR count). The second-order valence-corrected chi connectivity index (χ2v) is 11.1. The highest BCUT2D eigenvalue weighted by molar-refractivity contribution is 8.22. The number of nitrogens with two attached hydrogens (primary N) is 1. The van der Waals surface area contributed by atoms with Crippen LogP contribution in [0, 0.1) is 0 Å². The Labute approximate surface area is 252 Å². The molecule has 0 radical (unpaired) electrons. The number of nitrogen functional groups attached to an aromatic ring is 1. The van der Waals surface area contributed by atoms with Crippen molar-refractivity contribution in [3.8, 4) is 0 Å². The number of thiocarbonyl (C=S) groups is 1. The summed E-state index contributed by atoms with van der Waals surface area (Å²) in [6, 6.07) is 29.8. The number of fused-ring (bicyclic) bond motifs is 1. The van der Waals surface area contributed by atoms with Crippen LogP contribution >= 0.6 is 24.0 Å². The number of imidazole rings is 1. The lowest BCUT2D eigenvalue weighted by Crippen LogP contribution is -2.40. The number of hydrogen-bond donors (Lipinski definition) is 1. The molecule has 3 aromatic carbocycles. The molecule has 1 saturated heterocycles. The Morgan fingerprint density at radius 1 is 0.952 bits per heavy atom. The van der Waals surface area contributed by atoms with Crippen LogP contribution in [-0.4, -0.2) is 55.1 Å². The Bertz CT molecular complexity index is 1560. The van der Waals surface area contributed by atoms with Crippen molar-refractivity contribution < 1.29 is 18.6 Å². The zero-order valence-electron chi connectivity index (χ0n) is 22.6. The molecule has 5 aromatic rings. The number of anilines is 1. The third kappa shape index (κ3) is 5.13. The van der Waals surface area contributed by atoms with E-state index in [9.17, 15) is 0 Å². The van der Waals surface area contributed by atoms with Gasteiger partial charge in [-0.05, 0) is 35.2 Å². The van der Waals surface area contributed by atoms with Crippen LogP contribution in [0.1, 0.15) is 22.9 Å². The van der Waals surface area contributed by atoms with E-state index in [2.05, 4.69) is 15.0 Å². The van der Waals surface area contributed by atoms with Crippen molar-refractivity contribution in [1.82, 2.24) is 19.5 Å². The summed E-state index contributed by atoms with van der Waals surface area (Å²) >= 11 is 6.56. The molecule has 2 aromatic heterocycles. The first-order valence-electron chi connectivity index (χ1n) is 13.3. The van der Waals surface area contributed by atoms with E-state index in [1.807, 2.05) is 91.0 Å². The lowest BCUT2D eigenvalue weighted by Gasteiger charge is -2.37. The molecule has 0 aliphatic carbocycles. The number of hydrogen-bond acceptors (Lipinski definition) is 9. The summed E-state index contributed by atoms with van der Waals surface area (Å²) < 4.78 is 37.3. The molecule has 0 amide bonds. The molecular formula is C31H28FN5O3S2. The number of benzene rings is 3. The molecule has 0 bridgehead atoms. The van der Waals surface area contributed by atoms with Gasteiger partial charge in [-0.3, -0.25) is 4.57 Å². The van der Waals surface area contributed by atoms with Crippen LogP contribution in [0.25, 0.3) is 11.2 Å². The number of aromatic nitrogens is 4. The van der Waals surface area contributed by atoms with Crippen molar-refractivity contribution in [2.75, 3.05) is 18.6 Å². The van der Waals surface area contributed by atoms with E-state index < -0.39 is 30.2 Å². The molecule has 0 spiro atoms. The van der Waals surface area contributed by atoms with Crippen LogP contribution in [0.4, 0.5) is 10.2 Å². The highest BCUT2D eigenvalue weighted by atomic mass is 32.2. The molecule has 0 unspecified atom stereocenters. The Morgan fingerprint density at radius 3 is 2.07 bits per heavy atom. The van der Waals surface area contributed by atoms with Crippen LogP contribution in [-0.2, 0) is 19.8 Å². The number of rotatable bonds is 8. The lowest BCUT2D eigenvalue weighted by molar-refractivity contribution is -0.0916. The van der Waals surface area contributed by atoms with Crippen molar-refractivity contribution >= 4 is 45.3 Å². The molecule has 2 N–H and O–H groups in total. The number of thioether (sulfide) groups is 1. The largest absolute Gasteiger partial charge is 0.469 e. The maximum Gasteiger partial charge on any atom is 0.220 e. The Kier molecular flexibility index (Phi) is 8.16. The average molecular weight is 602 g/mol. The normalized spacial score (nSPS) is 20.5. The van der Waals surface area contributed by atoms with E-state index in [1.54, 1.807) is 6.26 Å². The Balaban J connectivity index is 1.40. The number of nitrogens with zero attached hydrogens (tertiary/aromatic N) is 4. The fourth-order valence-electron chi connectivity index (χ4n) is 5.38. The summed E-state index contributed by atoms with van der Waals surface area (Å²) in [7, 11) is 0. The molecule has 4 atom stereocenters. The van der Waals surface area contributed by atoms with Gasteiger partial charge in [0.1, 0.15) is 23.5 Å². The summed E-state index contributed by atoms with van der Waals surface area (Å²) in [6.07, 6.45) is -0.0631. The number of halogens is 1. The van der Waals surface area contributed by atoms with Crippen LogP contribution in [0.3, 0.4) is 0 Å². The molecule has 214 valence electrons. The molecule has 1 aliphatic rings. The molecule has 1 aliphatic heterocycles. The van der Waals surface area contributed by atoms with Crippen molar-refractivity contribution in [3.63, 3.8) is 0 Å². The standard InChI is InChI=1S/C31H28FN5O3S2/c1-42-30(41)40-26-23(39-29(24(26)32)37-19-36-25-27(33)34-18-35-28(25)37)17-38-31(20-11-5-2-6-12-20,21-13-7-3-8-14-21)22-15-9-4-10-16-22/h2-16,18-19,23-24,26,29H,17H2,1H3,(H2,33,34,35)/t23-,24+,26-,29-/m1/s1. The van der Waals surface area contributed by atoms with Gasteiger partial charge in [0.05, 0.1) is 12.9 Å². The van der Waals surface area contributed by atoms with E-state index in [0.717, 1.165) is 16.7 Å². The van der Waals surface area contributed by atoms with Crippen LogP contribution in [0.2, 0.25) is 0 Å². The first kappa shape index (κ1) is 28.2. The van der Waals surface area contributed by atoms with Gasteiger partial charge in [0.15, 0.2) is 30.0 Å². The quantitative estimate of drug-likeness (QED) is 0.178. The van der Waals surface area contributed by atoms with E-state index in [-0.39, 0.29) is 16.8 Å². The maximum absolute atomic E-state index is 16.3. The van der Waals surface area contributed by atoms with Gasteiger partial charge in [-0.1, -0.05) is 103 Å². The van der Waals surface area contributed by atoms with Crippen molar-refractivity contribution in [2.24, 2.45) is 0 Å². The first-order valence-corrected chi connectivity index (χ1v) is 14.9. The Morgan fingerprint density at radius 2 is 1.52 bits per heavy atom. The van der Waals surface area contributed by atoms with Crippen LogP contribution in [0.15, 0.2) is 104 Å². The monoisotopic (exact) mass is 601 g/mol. The average Bonchev–Trinajstić information content (AvgIpc) is 3.60. The fraction of sp³-hybridized carbons (Fsp3) is 0.226. The minimum absolute atomic E-state index is 0.0129. The molecular weight excluding hydrogens is 574 g/mol. The maximum atomic E-state index is 16.3. The van der Waals surface area contributed by atoms with Gasteiger partial charge in [-0.15, -0.1) is 0 Å². The molecule has 0 saturated carbocycles. The molecule has 1 fully saturated rings. The van der Waals surface area contributed by atoms with Crippen molar-refractivity contribution in [2.45, 2.75) is 30.2 Å². The second-order valence-electron chi connectivity index (χ2n) is 9.72. The van der Waals surface area contributed by atoms with Gasteiger partial charge in [-0.2, -0.15) is 0 Å².